The molecule has 0 saturated carbocycles. The van der Waals surface area contributed by atoms with Gasteiger partial charge in [0.25, 0.3) is 0 Å². The largest absolute Gasteiger partial charge is 0.412 e. The lowest BCUT2D eigenvalue weighted by Gasteiger charge is -2.14. The minimum absolute atomic E-state index is 0. The Balaban J connectivity index is 0. The Morgan fingerprint density at radius 3 is 2.00 bits per heavy atom. The second-order valence-electron chi connectivity index (χ2n) is 1.79. The Bertz CT molecular complexity index is 49.2. The molecule has 3 nitrogen and oxygen atoms in total. The molecule has 1 atom stereocenters. The van der Waals surface area contributed by atoms with Gasteiger partial charge in [0.1, 0.15) is 0 Å². The van der Waals surface area contributed by atoms with Gasteiger partial charge in [0.2, 0.25) is 0 Å². The molecule has 0 aromatic rings. The maximum absolute atomic E-state index is 8.75. The number of hydrogen-bond acceptors (Lipinski definition) is 2. The van der Waals surface area contributed by atoms with Gasteiger partial charge in [0.15, 0.2) is 0 Å². The van der Waals surface area contributed by atoms with Gasteiger partial charge in [0, 0.05) is 0 Å². The normalized spacial score (nSPS) is 16.5. The Morgan fingerprint density at radius 1 is 1.62 bits per heavy atom. The summed E-state index contributed by atoms with van der Waals surface area (Å²) < 4.78 is 0. The number of aliphatic hydroxyl groups is 2. The van der Waals surface area contributed by atoms with E-state index in [2.05, 4.69) is 0 Å². The van der Waals surface area contributed by atoms with E-state index < -0.39 is 5.60 Å². The van der Waals surface area contributed by atoms with Gasteiger partial charge >= 0.3 is 0 Å². The monoisotopic (exact) mass is 142 g/mol. The van der Waals surface area contributed by atoms with Crippen LogP contribution in [0.4, 0.5) is 0 Å². The van der Waals surface area contributed by atoms with E-state index in [0.717, 1.165) is 0 Å². The fraction of sp³-hybridized carbons (Fsp3) is 1.00. The minimum Gasteiger partial charge on any atom is -0.412 e. The fourth-order valence-electron chi connectivity index (χ4n) is 0.0423. The van der Waals surface area contributed by atoms with Crippen LogP contribution in [0, 0.1) is 0 Å². The van der Waals surface area contributed by atoms with Gasteiger partial charge in [-0.3, -0.25) is 0 Å². The highest BCUT2D eigenvalue weighted by atomic mass is 35.5. The van der Waals surface area contributed by atoms with Crippen molar-refractivity contribution in [3.63, 3.8) is 0 Å². The number of aliphatic hydroxyl groups excluding tert-OH is 1. The lowest BCUT2D eigenvalue weighted by atomic mass is 10.2. The zero-order valence-corrected chi connectivity index (χ0v) is 5.44. The summed E-state index contributed by atoms with van der Waals surface area (Å²) in [5, 5.41) is 17.0. The summed E-state index contributed by atoms with van der Waals surface area (Å²) in [4.78, 5) is 0. The molecule has 0 aromatic carbocycles. The maximum atomic E-state index is 8.75. The Hall–Kier alpha value is 0.170. The van der Waals surface area contributed by atoms with E-state index in [4.69, 9.17) is 21.8 Å². The third kappa shape index (κ3) is 4.33. The third-order valence-corrected chi connectivity index (χ3v) is 1.20. The molecule has 0 radical (unpaired) electrons. The Kier molecular flexibility index (Phi) is 5.64. The molecule has 0 bridgehead atoms. The molecular weight excluding hydrogens is 131 g/mol. The van der Waals surface area contributed by atoms with Crippen LogP contribution >= 0.6 is 11.6 Å². The van der Waals surface area contributed by atoms with Crippen molar-refractivity contribution in [2.45, 2.75) is 12.5 Å². The molecule has 0 aliphatic carbocycles. The Morgan fingerprint density at radius 2 is 2.00 bits per heavy atom. The quantitative estimate of drug-likeness (QED) is 0.493. The average molecular weight is 143 g/mol. The van der Waals surface area contributed by atoms with Crippen molar-refractivity contribution in [1.29, 1.82) is 0 Å². The highest BCUT2D eigenvalue weighted by molar-refractivity contribution is 6.18. The van der Waals surface area contributed by atoms with E-state index in [1.165, 1.54) is 6.92 Å². The van der Waals surface area contributed by atoms with Gasteiger partial charge in [-0.05, 0) is 6.92 Å². The van der Waals surface area contributed by atoms with Crippen molar-refractivity contribution >= 4 is 11.6 Å². The van der Waals surface area contributed by atoms with Gasteiger partial charge < -0.3 is 15.7 Å². The molecule has 0 spiro atoms. The second kappa shape index (κ2) is 4.09. The van der Waals surface area contributed by atoms with E-state index in [1.54, 1.807) is 0 Å². The predicted octanol–water partition coefficient (Wildman–Crippen LogP) is -0.856. The molecular formula is C4H11ClO3. The molecule has 4 heteroatoms. The SMILES string of the molecule is CC(O)(CO)CCl.O. The number of alkyl halides is 1. The second-order valence-corrected chi connectivity index (χ2v) is 2.06. The smallest absolute Gasteiger partial charge is 0.0983 e. The predicted molar refractivity (Wildman–Crippen MR) is 32.0 cm³/mol. The molecule has 0 aliphatic heterocycles. The van der Waals surface area contributed by atoms with E-state index >= 15 is 0 Å². The summed E-state index contributed by atoms with van der Waals surface area (Å²) in [7, 11) is 0. The van der Waals surface area contributed by atoms with Gasteiger partial charge in [-0.1, -0.05) is 0 Å². The molecule has 0 amide bonds. The van der Waals surface area contributed by atoms with Crippen molar-refractivity contribution in [2.75, 3.05) is 12.5 Å². The fourth-order valence-corrected chi connectivity index (χ4v) is 0.127. The molecule has 4 N–H and O–H groups in total. The summed E-state index contributed by atoms with van der Waals surface area (Å²) in [6.45, 7) is 1.19. The van der Waals surface area contributed by atoms with Crippen molar-refractivity contribution in [1.82, 2.24) is 0 Å². The summed E-state index contributed by atoms with van der Waals surface area (Å²) in [6.07, 6.45) is 0. The van der Waals surface area contributed by atoms with Crippen molar-refractivity contribution in [2.24, 2.45) is 0 Å². The van der Waals surface area contributed by atoms with Crippen LogP contribution in [0.5, 0.6) is 0 Å². The topological polar surface area (TPSA) is 72.0 Å². The maximum Gasteiger partial charge on any atom is 0.0983 e. The third-order valence-electron chi connectivity index (χ3n) is 0.629. The first kappa shape index (κ1) is 11.0. The van der Waals surface area contributed by atoms with Crippen LogP contribution in [0.1, 0.15) is 6.92 Å². The molecule has 0 fully saturated rings. The number of hydrogen-bond donors (Lipinski definition) is 2. The van der Waals surface area contributed by atoms with Gasteiger partial charge in [-0.2, -0.15) is 0 Å². The molecule has 0 rings (SSSR count). The summed E-state index contributed by atoms with van der Waals surface area (Å²) in [6, 6.07) is 0. The first-order chi connectivity index (χ1) is 3.12. The van der Waals surface area contributed by atoms with Gasteiger partial charge in [-0.25, -0.2) is 0 Å². The van der Waals surface area contributed by atoms with E-state index in [1.807, 2.05) is 0 Å². The highest BCUT2D eigenvalue weighted by Crippen LogP contribution is 2.01. The number of rotatable bonds is 2. The number of halogens is 1. The first-order valence-corrected chi connectivity index (χ1v) is 2.55. The lowest BCUT2D eigenvalue weighted by Crippen LogP contribution is -2.30. The van der Waals surface area contributed by atoms with Crippen LogP contribution in [0.15, 0.2) is 0 Å². The zero-order valence-electron chi connectivity index (χ0n) is 4.69. The molecule has 1 unspecified atom stereocenters. The van der Waals surface area contributed by atoms with Crippen molar-refractivity contribution in [3.8, 4) is 0 Å². The summed E-state index contributed by atoms with van der Waals surface area (Å²) in [5.41, 5.74) is -1.10. The molecule has 0 saturated heterocycles. The van der Waals surface area contributed by atoms with Crippen LogP contribution in [-0.2, 0) is 0 Å². The van der Waals surface area contributed by atoms with Crippen LogP contribution in [0.3, 0.4) is 0 Å². The van der Waals surface area contributed by atoms with Crippen LogP contribution in [0.2, 0.25) is 0 Å². The van der Waals surface area contributed by atoms with Gasteiger partial charge in [-0.15, -0.1) is 11.6 Å². The van der Waals surface area contributed by atoms with E-state index in [9.17, 15) is 0 Å². The highest BCUT2D eigenvalue weighted by Gasteiger charge is 2.15. The van der Waals surface area contributed by atoms with Crippen molar-refractivity contribution in [3.05, 3.63) is 0 Å². The molecule has 0 aromatic heterocycles. The average Bonchev–Trinajstić information content (AvgIpc) is 1.68. The standard InChI is InChI=1S/C4H9ClO2.H2O/c1-4(7,2-5)3-6;/h6-7H,2-3H2,1H3;1H2. The summed E-state index contributed by atoms with van der Waals surface area (Å²) in [5.74, 6) is 0.0729. The molecule has 0 aliphatic rings. The van der Waals surface area contributed by atoms with Crippen LogP contribution < -0.4 is 0 Å². The van der Waals surface area contributed by atoms with Crippen molar-refractivity contribution < 1.29 is 15.7 Å². The molecule has 8 heavy (non-hydrogen) atoms. The minimum atomic E-state index is -1.10. The van der Waals surface area contributed by atoms with Crippen LogP contribution in [0.25, 0.3) is 0 Å². The van der Waals surface area contributed by atoms with Crippen LogP contribution in [-0.4, -0.2) is 33.8 Å². The molecule has 0 heterocycles. The van der Waals surface area contributed by atoms with Gasteiger partial charge in [0.05, 0.1) is 18.1 Å². The molecule has 52 valence electrons. The first-order valence-electron chi connectivity index (χ1n) is 2.01. The zero-order chi connectivity index (χ0) is 5.91. The lowest BCUT2D eigenvalue weighted by molar-refractivity contribution is 0.0213. The van der Waals surface area contributed by atoms with E-state index in [-0.39, 0.29) is 18.0 Å². The summed E-state index contributed by atoms with van der Waals surface area (Å²) >= 11 is 5.18. The van der Waals surface area contributed by atoms with E-state index in [0.29, 0.717) is 0 Å². The Labute approximate surface area is 53.2 Å².